The van der Waals surface area contributed by atoms with E-state index < -0.39 is 0 Å². The second-order valence-electron chi connectivity index (χ2n) is 4.64. The molecule has 110 valence electrons. The Morgan fingerprint density at radius 1 is 1.19 bits per heavy atom. The molecule has 2 heterocycles. The molecule has 0 N–H and O–H groups in total. The van der Waals surface area contributed by atoms with E-state index in [1.165, 1.54) is 0 Å². The molecular formula is C13H12Cl3N5. The van der Waals surface area contributed by atoms with Crippen molar-refractivity contribution in [2.24, 2.45) is 7.05 Å². The summed E-state index contributed by atoms with van der Waals surface area (Å²) in [6, 6.07) is 3.58. The quantitative estimate of drug-likeness (QED) is 0.682. The first-order valence-electron chi connectivity index (χ1n) is 6.33. The normalized spacial score (nSPS) is 11.4. The van der Waals surface area contributed by atoms with E-state index in [4.69, 9.17) is 34.8 Å². The molecule has 0 unspecified atom stereocenters. The number of aromatic nitrogens is 5. The van der Waals surface area contributed by atoms with Gasteiger partial charge in [0.25, 0.3) is 0 Å². The van der Waals surface area contributed by atoms with Gasteiger partial charge >= 0.3 is 0 Å². The van der Waals surface area contributed by atoms with Crippen LogP contribution in [0.15, 0.2) is 18.5 Å². The van der Waals surface area contributed by atoms with Gasteiger partial charge in [0.15, 0.2) is 5.82 Å². The highest BCUT2D eigenvalue weighted by molar-refractivity contribution is 6.42. The standard InChI is InChI=1S/C13H12Cl3N5/c1-20-7-17-12(19-20)6-21-11-5-9(16)8(15)4-10(11)18-13(21)2-3-14/h4-5,7H,2-3,6H2,1H3. The fourth-order valence-electron chi connectivity index (χ4n) is 2.22. The van der Waals surface area contributed by atoms with Crippen molar-refractivity contribution in [2.45, 2.75) is 13.0 Å². The van der Waals surface area contributed by atoms with Gasteiger partial charge in [-0.25, -0.2) is 9.97 Å². The number of fused-ring (bicyclic) bond motifs is 1. The molecule has 0 saturated heterocycles. The van der Waals surface area contributed by atoms with Crippen LogP contribution in [0.4, 0.5) is 0 Å². The lowest BCUT2D eigenvalue weighted by molar-refractivity contribution is 0.688. The SMILES string of the molecule is Cn1cnc(Cn2c(CCCl)nc3cc(Cl)c(Cl)cc32)n1. The lowest BCUT2D eigenvalue weighted by Crippen LogP contribution is -2.07. The van der Waals surface area contributed by atoms with E-state index >= 15 is 0 Å². The van der Waals surface area contributed by atoms with Gasteiger partial charge in [0.05, 0.1) is 27.6 Å². The summed E-state index contributed by atoms with van der Waals surface area (Å²) in [7, 11) is 1.83. The van der Waals surface area contributed by atoms with Gasteiger partial charge < -0.3 is 4.57 Å². The van der Waals surface area contributed by atoms with Gasteiger partial charge in [0.1, 0.15) is 12.2 Å². The highest BCUT2D eigenvalue weighted by Gasteiger charge is 2.14. The van der Waals surface area contributed by atoms with Crippen LogP contribution in [0.25, 0.3) is 11.0 Å². The van der Waals surface area contributed by atoms with E-state index in [0.717, 1.165) is 16.9 Å². The van der Waals surface area contributed by atoms with Crippen LogP contribution in [-0.4, -0.2) is 30.2 Å². The monoisotopic (exact) mass is 343 g/mol. The summed E-state index contributed by atoms with van der Waals surface area (Å²) in [6.07, 6.45) is 2.32. The summed E-state index contributed by atoms with van der Waals surface area (Å²) in [5.41, 5.74) is 1.69. The molecule has 0 aliphatic carbocycles. The first-order valence-corrected chi connectivity index (χ1v) is 7.62. The maximum atomic E-state index is 6.12. The van der Waals surface area contributed by atoms with Gasteiger partial charge in [-0.3, -0.25) is 4.68 Å². The fraction of sp³-hybridized carbons (Fsp3) is 0.308. The van der Waals surface area contributed by atoms with Crippen LogP contribution in [0.1, 0.15) is 11.6 Å². The number of imidazole rings is 1. The predicted molar refractivity (Wildman–Crippen MR) is 84.3 cm³/mol. The Labute approximate surface area is 136 Å². The zero-order valence-electron chi connectivity index (χ0n) is 11.2. The van der Waals surface area contributed by atoms with E-state index in [2.05, 4.69) is 15.1 Å². The molecule has 0 bridgehead atoms. The molecular weight excluding hydrogens is 333 g/mol. The van der Waals surface area contributed by atoms with Crippen molar-refractivity contribution < 1.29 is 0 Å². The molecule has 0 aliphatic rings. The lowest BCUT2D eigenvalue weighted by atomic mass is 10.3. The number of rotatable bonds is 4. The molecule has 21 heavy (non-hydrogen) atoms. The average molecular weight is 345 g/mol. The van der Waals surface area contributed by atoms with E-state index in [0.29, 0.717) is 34.7 Å². The van der Waals surface area contributed by atoms with Crippen molar-refractivity contribution in [3.63, 3.8) is 0 Å². The van der Waals surface area contributed by atoms with Crippen LogP contribution in [-0.2, 0) is 20.0 Å². The van der Waals surface area contributed by atoms with E-state index in [-0.39, 0.29) is 0 Å². The molecule has 8 heteroatoms. The van der Waals surface area contributed by atoms with Crippen molar-refractivity contribution in [3.8, 4) is 0 Å². The van der Waals surface area contributed by atoms with Crippen molar-refractivity contribution in [1.29, 1.82) is 0 Å². The second-order valence-corrected chi connectivity index (χ2v) is 5.84. The minimum atomic E-state index is 0.487. The number of benzene rings is 1. The minimum Gasteiger partial charge on any atom is -0.320 e. The first kappa shape index (κ1) is 14.6. The number of hydrogen-bond acceptors (Lipinski definition) is 3. The smallest absolute Gasteiger partial charge is 0.170 e. The number of aryl methyl sites for hydroxylation is 2. The van der Waals surface area contributed by atoms with Crippen LogP contribution in [0.2, 0.25) is 10.0 Å². The van der Waals surface area contributed by atoms with Gasteiger partial charge in [-0.2, -0.15) is 5.10 Å². The summed E-state index contributed by atoms with van der Waals surface area (Å²) >= 11 is 18.0. The molecule has 2 aromatic heterocycles. The predicted octanol–water partition coefficient (Wildman–Crippen LogP) is 3.30. The molecule has 5 nitrogen and oxygen atoms in total. The zero-order chi connectivity index (χ0) is 15.0. The third-order valence-electron chi connectivity index (χ3n) is 3.13. The Balaban J connectivity index is 2.12. The molecule has 1 aromatic carbocycles. The second kappa shape index (κ2) is 5.83. The topological polar surface area (TPSA) is 48.5 Å². The van der Waals surface area contributed by atoms with Crippen molar-refractivity contribution in [2.75, 3.05) is 5.88 Å². The summed E-state index contributed by atoms with van der Waals surface area (Å²) in [5, 5.41) is 5.28. The maximum Gasteiger partial charge on any atom is 0.170 e. The van der Waals surface area contributed by atoms with Crippen LogP contribution in [0.3, 0.4) is 0 Å². The molecule has 0 saturated carbocycles. The van der Waals surface area contributed by atoms with Gasteiger partial charge in [0.2, 0.25) is 0 Å². The molecule has 0 atom stereocenters. The number of nitrogens with zero attached hydrogens (tertiary/aromatic N) is 5. The summed E-state index contributed by atoms with van der Waals surface area (Å²) in [5.74, 6) is 2.06. The van der Waals surface area contributed by atoms with Gasteiger partial charge in [-0.05, 0) is 12.1 Å². The Kier molecular flexibility index (Phi) is 4.06. The summed E-state index contributed by atoms with van der Waals surface area (Å²) in [4.78, 5) is 8.83. The minimum absolute atomic E-state index is 0.487. The molecule has 0 fully saturated rings. The largest absolute Gasteiger partial charge is 0.320 e. The number of hydrogen-bond donors (Lipinski definition) is 0. The third-order valence-corrected chi connectivity index (χ3v) is 4.05. The Bertz CT molecular complexity index is 793. The van der Waals surface area contributed by atoms with E-state index in [9.17, 15) is 0 Å². The maximum absolute atomic E-state index is 6.12. The highest BCUT2D eigenvalue weighted by Crippen LogP contribution is 2.28. The van der Waals surface area contributed by atoms with E-state index in [1.54, 1.807) is 17.1 Å². The molecule has 3 rings (SSSR count). The first-order chi connectivity index (χ1) is 10.1. The average Bonchev–Trinajstić information content (AvgIpc) is 2.97. The lowest BCUT2D eigenvalue weighted by Gasteiger charge is -2.06. The van der Waals surface area contributed by atoms with Crippen molar-refractivity contribution in [3.05, 3.63) is 40.2 Å². The third kappa shape index (κ3) is 2.86. The Hall–Kier alpha value is -1.30. The molecule has 0 amide bonds. The Morgan fingerprint density at radius 3 is 2.62 bits per heavy atom. The zero-order valence-corrected chi connectivity index (χ0v) is 13.5. The molecule has 0 radical (unpaired) electrons. The Morgan fingerprint density at radius 2 is 1.95 bits per heavy atom. The van der Waals surface area contributed by atoms with Crippen LogP contribution in [0, 0.1) is 0 Å². The van der Waals surface area contributed by atoms with Gasteiger partial charge in [0, 0.05) is 19.3 Å². The molecule has 3 aromatic rings. The highest BCUT2D eigenvalue weighted by atomic mass is 35.5. The van der Waals surface area contributed by atoms with E-state index in [1.807, 2.05) is 17.7 Å². The van der Waals surface area contributed by atoms with Crippen LogP contribution < -0.4 is 0 Å². The molecule has 0 aliphatic heterocycles. The number of alkyl halides is 1. The van der Waals surface area contributed by atoms with Crippen molar-refractivity contribution in [1.82, 2.24) is 24.3 Å². The van der Waals surface area contributed by atoms with Crippen LogP contribution in [0.5, 0.6) is 0 Å². The summed E-state index contributed by atoms with van der Waals surface area (Å²) in [6.45, 7) is 0.515. The molecule has 0 spiro atoms. The number of halogens is 3. The van der Waals surface area contributed by atoms with Crippen molar-refractivity contribution >= 4 is 45.8 Å². The van der Waals surface area contributed by atoms with Crippen LogP contribution >= 0.6 is 34.8 Å². The summed E-state index contributed by atoms with van der Waals surface area (Å²) < 4.78 is 3.69. The van der Waals surface area contributed by atoms with Gasteiger partial charge in [-0.15, -0.1) is 11.6 Å². The fourth-order valence-corrected chi connectivity index (χ4v) is 2.70. The van der Waals surface area contributed by atoms with Gasteiger partial charge in [-0.1, -0.05) is 23.2 Å².